The molecule has 1 amide bonds. The number of thiophene rings is 1. The molecule has 0 aliphatic carbocycles. The van der Waals surface area contributed by atoms with Crippen LogP contribution in [0.1, 0.15) is 31.7 Å². The van der Waals surface area contributed by atoms with Crippen molar-refractivity contribution in [3.05, 3.63) is 46.7 Å². The van der Waals surface area contributed by atoms with Crippen LogP contribution in [0.25, 0.3) is 0 Å². The van der Waals surface area contributed by atoms with Crippen LogP contribution in [0.5, 0.6) is 0 Å². The lowest BCUT2D eigenvalue weighted by Gasteiger charge is -2.13. The van der Waals surface area contributed by atoms with E-state index in [0.29, 0.717) is 5.69 Å². The maximum atomic E-state index is 12.1. The fourth-order valence-corrected chi connectivity index (χ4v) is 4.20. The molecular formula is C17H23N3O3S2. The summed E-state index contributed by atoms with van der Waals surface area (Å²) in [6.07, 6.45) is 0. The maximum absolute atomic E-state index is 12.1. The number of amides is 1. The second-order valence-corrected chi connectivity index (χ2v) is 8.65. The average Bonchev–Trinajstić information content (AvgIpc) is 3.06. The Kier molecular flexibility index (Phi) is 6.57. The normalized spacial score (nSPS) is 12.8. The lowest BCUT2D eigenvalue weighted by molar-refractivity contribution is -0.120. The molecule has 2 rings (SSSR count). The van der Waals surface area contributed by atoms with Crippen LogP contribution >= 0.6 is 11.3 Å². The highest BCUT2D eigenvalue weighted by Crippen LogP contribution is 2.18. The smallest absolute Gasteiger partial charge is 0.240 e. The molecule has 1 unspecified atom stereocenters. The summed E-state index contributed by atoms with van der Waals surface area (Å²) in [7, 11) is -3.50. The van der Waals surface area contributed by atoms with Crippen molar-refractivity contribution in [3.8, 4) is 0 Å². The molecule has 0 aliphatic heterocycles. The van der Waals surface area contributed by atoms with Gasteiger partial charge in [-0.05, 0) is 56.5 Å². The van der Waals surface area contributed by atoms with E-state index in [1.54, 1.807) is 37.3 Å². The van der Waals surface area contributed by atoms with E-state index in [2.05, 4.69) is 15.4 Å². The fraction of sp³-hybridized carbons (Fsp3) is 0.353. The summed E-state index contributed by atoms with van der Waals surface area (Å²) in [6.45, 7) is 5.59. The van der Waals surface area contributed by atoms with Crippen LogP contribution in [0.4, 0.5) is 5.69 Å². The van der Waals surface area contributed by atoms with Gasteiger partial charge in [0.2, 0.25) is 15.9 Å². The van der Waals surface area contributed by atoms with Crippen LogP contribution in [0.3, 0.4) is 0 Å². The van der Waals surface area contributed by atoms with E-state index in [0.717, 1.165) is 4.88 Å². The zero-order chi connectivity index (χ0) is 18.4. The fourth-order valence-electron chi connectivity index (χ4n) is 2.21. The zero-order valence-corrected chi connectivity index (χ0v) is 16.1. The van der Waals surface area contributed by atoms with Crippen molar-refractivity contribution in [2.45, 2.75) is 37.8 Å². The van der Waals surface area contributed by atoms with Crippen LogP contribution in [0.2, 0.25) is 0 Å². The molecule has 3 N–H and O–H groups in total. The van der Waals surface area contributed by atoms with E-state index in [1.165, 1.54) is 12.1 Å². The predicted molar refractivity (Wildman–Crippen MR) is 101 cm³/mol. The first-order valence-electron chi connectivity index (χ1n) is 7.97. The number of hydrogen-bond donors (Lipinski definition) is 3. The van der Waals surface area contributed by atoms with E-state index >= 15 is 0 Å². The lowest BCUT2D eigenvalue weighted by Crippen LogP contribution is -2.31. The Morgan fingerprint density at radius 1 is 1.12 bits per heavy atom. The molecule has 0 spiro atoms. The van der Waals surface area contributed by atoms with Gasteiger partial charge < -0.3 is 10.6 Å². The van der Waals surface area contributed by atoms with Crippen molar-refractivity contribution < 1.29 is 13.2 Å². The van der Waals surface area contributed by atoms with Gasteiger partial charge in [0.15, 0.2) is 0 Å². The Balaban J connectivity index is 1.88. The van der Waals surface area contributed by atoms with Crippen molar-refractivity contribution in [2.75, 3.05) is 11.9 Å². The molecule has 136 valence electrons. The number of anilines is 1. The van der Waals surface area contributed by atoms with Gasteiger partial charge in [-0.1, -0.05) is 6.07 Å². The second kappa shape index (κ2) is 8.46. The van der Waals surface area contributed by atoms with E-state index in [4.69, 9.17) is 0 Å². The summed E-state index contributed by atoms with van der Waals surface area (Å²) in [4.78, 5) is 13.3. The van der Waals surface area contributed by atoms with Crippen molar-refractivity contribution >= 4 is 33.0 Å². The Morgan fingerprint density at radius 2 is 1.80 bits per heavy atom. The number of hydrogen-bond acceptors (Lipinski definition) is 5. The summed E-state index contributed by atoms with van der Waals surface area (Å²) >= 11 is 1.60. The van der Waals surface area contributed by atoms with Gasteiger partial charge >= 0.3 is 0 Å². The highest BCUT2D eigenvalue weighted by molar-refractivity contribution is 7.89. The van der Waals surface area contributed by atoms with E-state index in [1.807, 2.05) is 24.4 Å². The Labute approximate surface area is 152 Å². The summed E-state index contributed by atoms with van der Waals surface area (Å²) in [6, 6.07) is 10.0. The third-order valence-electron chi connectivity index (χ3n) is 3.36. The van der Waals surface area contributed by atoms with Gasteiger partial charge in [-0.15, -0.1) is 11.3 Å². The van der Waals surface area contributed by atoms with Crippen molar-refractivity contribution in [1.29, 1.82) is 0 Å². The molecule has 0 saturated heterocycles. The highest BCUT2D eigenvalue weighted by Gasteiger charge is 2.15. The minimum absolute atomic E-state index is 0.0380. The van der Waals surface area contributed by atoms with Gasteiger partial charge in [0.25, 0.3) is 0 Å². The number of rotatable bonds is 8. The monoisotopic (exact) mass is 381 g/mol. The van der Waals surface area contributed by atoms with Gasteiger partial charge in [-0.3, -0.25) is 4.79 Å². The molecule has 2 aromatic rings. The molecule has 6 nitrogen and oxygen atoms in total. The molecule has 0 bridgehead atoms. The molecule has 0 radical (unpaired) electrons. The van der Waals surface area contributed by atoms with Gasteiger partial charge in [0.05, 0.1) is 17.5 Å². The summed E-state index contributed by atoms with van der Waals surface area (Å²) < 4.78 is 26.6. The molecule has 25 heavy (non-hydrogen) atoms. The van der Waals surface area contributed by atoms with Crippen molar-refractivity contribution in [3.63, 3.8) is 0 Å². The van der Waals surface area contributed by atoms with Crippen LogP contribution in [-0.4, -0.2) is 26.9 Å². The molecule has 1 heterocycles. The summed E-state index contributed by atoms with van der Waals surface area (Å²) in [5, 5.41) is 7.88. The van der Waals surface area contributed by atoms with Gasteiger partial charge in [-0.2, -0.15) is 0 Å². The molecule has 1 aromatic heterocycles. The highest BCUT2D eigenvalue weighted by atomic mass is 32.2. The predicted octanol–water partition coefficient (Wildman–Crippen LogP) is 2.72. The average molecular weight is 382 g/mol. The maximum Gasteiger partial charge on any atom is 0.240 e. The zero-order valence-electron chi connectivity index (χ0n) is 14.4. The van der Waals surface area contributed by atoms with E-state index in [9.17, 15) is 13.2 Å². The first-order chi connectivity index (χ1) is 11.8. The molecule has 1 atom stereocenters. The van der Waals surface area contributed by atoms with Crippen LogP contribution in [0.15, 0.2) is 46.7 Å². The first kappa shape index (κ1) is 19.4. The summed E-state index contributed by atoms with van der Waals surface area (Å²) in [5.41, 5.74) is 0.683. The first-order valence-corrected chi connectivity index (χ1v) is 10.3. The Bertz CT molecular complexity index is 785. The van der Waals surface area contributed by atoms with Crippen LogP contribution in [0, 0.1) is 0 Å². The number of carbonyl (C=O) groups excluding carboxylic acids is 1. The van der Waals surface area contributed by atoms with Crippen LogP contribution < -0.4 is 15.4 Å². The van der Waals surface area contributed by atoms with E-state index in [-0.39, 0.29) is 29.4 Å². The minimum atomic E-state index is -3.50. The topological polar surface area (TPSA) is 87.3 Å². The molecule has 1 aromatic carbocycles. The minimum Gasteiger partial charge on any atom is -0.376 e. The largest absolute Gasteiger partial charge is 0.376 e. The second-order valence-electron chi connectivity index (χ2n) is 5.96. The summed E-state index contributed by atoms with van der Waals surface area (Å²) in [5.74, 6) is -0.126. The molecule has 0 aliphatic rings. The number of benzene rings is 1. The van der Waals surface area contributed by atoms with E-state index < -0.39 is 10.0 Å². The quantitative estimate of drug-likeness (QED) is 0.656. The molecule has 0 fully saturated rings. The standard InChI is InChI=1S/C17H23N3O3S2/c1-12(2)20-25(22,23)15-8-6-14(7-9-15)18-11-17(21)19-13(3)16-5-4-10-24-16/h4-10,12-13,18,20H,11H2,1-3H3,(H,19,21). The Hall–Kier alpha value is -1.90. The number of sulfonamides is 1. The van der Waals surface area contributed by atoms with Crippen molar-refractivity contribution in [2.24, 2.45) is 0 Å². The lowest BCUT2D eigenvalue weighted by atomic mass is 10.2. The molecule has 8 heteroatoms. The SMILES string of the molecule is CC(C)NS(=O)(=O)c1ccc(NCC(=O)NC(C)c2cccs2)cc1. The molecule has 0 saturated carbocycles. The Morgan fingerprint density at radius 3 is 2.36 bits per heavy atom. The number of nitrogens with one attached hydrogen (secondary N) is 3. The van der Waals surface area contributed by atoms with Crippen molar-refractivity contribution in [1.82, 2.24) is 10.0 Å². The molecular weight excluding hydrogens is 358 g/mol. The third-order valence-corrected chi connectivity index (χ3v) is 6.09. The van der Waals surface area contributed by atoms with Crippen LogP contribution in [-0.2, 0) is 14.8 Å². The third kappa shape index (κ3) is 5.84. The van der Waals surface area contributed by atoms with Gasteiger partial charge in [0.1, 0.15) is 0 Å². The van der Waals surface area contributed by atoms with Gasteiger partial charge in [0, 0.05) is 16.6 Å². The van der Waals surface area contributed by atoms with Gasteiger partial charge in [-0.25, -0.2) is 13.1 Å². The number of carbonyl (C=O) groups is 1.